The van der Waals surface area contributed by atoms with Crippen LogP contribution in [0.1, 0.15) is 36.7 Å². The van der Waals surface area contributed by atoms with E-state index in [2.05, 4.69) is 40.4 Å². The van der Waals surface area contributed by atoms with Crippen LogP contribution in [0.15, 0.2) is 24.8 Å². The van der Waals surface area contributed by atoms with E-state index in [9.17, 15) is 4.79 Å². The third kappa shape index (κ3) is 3.97. The smallest absolute Gasteiger partial charge is 0.250 e. The number of methoxy groups -OCH3 is 1. The number of ether oxygens (including phenoxy) is 1. The molecule has 4 heteroatoms. The SMILES string of the molecule is C=CCc1cc(C=O)cc(OC)c1O[Si](C)(C)C(C)(C)C. The molecule has 0 fully saturated rings. The van der Waals surface area contributed by atoms with Gasteiger partial charge in [0.25, 0.3) is 8.32 Å². The Morgan fingerprint density at radius 2 is 1.90 bits per heavy atom. The van der Waals surface area contributed by atoms with Gasteiger partial charge in [-0.1, -0.05) is 26.8 Å². The fourth-order valence-corrected chi connectivity index (χ4v) is 2.78. The highest BCUT2D eigenvalue weighted by molar-refractivity contribution is 6.74. The summed E-state index contributed by atoms with van der Waals surface area (Å²) >= 11 is 0. The molecule has 116 valence electrons. The zero-order chi connectivity index (χ0) is 16.3. The van der Waals surface area contributed by atoms with E-state index in [1.54, 1.807) is 13.2 Å². The molecule has 0 heterocycles. The van der Waals surface area contributed by atoms with Crippen LogP contribution in [0.4, 0.5) is 0 Å². The molecular formula is C17H26O3Si. The molecule has 0 N–H and O–H groups in total. The molecule has 0 saturated heterocycles. The monoisotopic (exact) mass is 306 g/mol. The van der Waals surface area contributed by atoms with Crippen molar-refractivity contribution in [3.63, 3.8) is 0 Å². The minimum absolute atomic E-state index is 0.0901. The van der Waals surface area contributed by atoms with Gasteiger partial charge in [-0.3, -0.25) is 4.79 Å². The van der Waals surface area contributed by atoms with Crippen molar-refractivity contribution in [2.45, 2.75) is 45.3 Å². The average molecular weight is 306 g/mol. The van der Waals surface area contributed by atoms with Gasteiger partial charge in [0.2, 0.25) is 0 Å². The van der Waals surface area contributed by atoms with Crippen LogP contribution in [0.25, 0.3) is 0 Å². The highest BCUT2D eigenvalue weighted by Gasteiger charge is 2.40. The van der Waals surface area contributed by atoms with Crippen molar-refractivity contribution in [3.05, 3.63) is 35.9 Å². The molecule has 0 saturated carbocycles. The summed E-state index contributed by atoms with van der Waals surface area (Å²) in [5, 5.41) is 0.0901. The molecule has 0 unspecified atom stereocenters. The second kappa shape index (κ2) is 6.48. The standard InChI is InChI=1S/C17H26O3Si/c1-8-9-14-10-13(12-18)11-15(19-5)16(14)20-21(6,7)17(2,3)4/h8,10-12H,1,9H2,2-7H3. The largest absolute Gasteiger partial charge is 0.541 e. The van der Waals surface area contributed by atoms with Crippen molar-refractivity contribution >= 4 is 14.6 Å². The van der Waals surface area contributed by atoms with E-state index in [1.165, 1.54) is 0 Å². The lowest BCUT2D eigenvalue weighted by Crippen LogP contribution is -2.44. The van der Waals surface area contributed by atoms with Gasteiger partial charge in [0.1, 0.15) is 12.0 Å². The Labute approximate surface area is 129 Å². The number of rotatable bonds is 6. The lowest BCUT2D eigenvalue weighted by molar-refractivity contribution is 0.112. The summed E-state index contributed by atoms with van der Waals surface area (Å²) in [5.41, 5.74) is 1.53. The van der Waals surface area contributed by atoms with Gasteiger partial charge < -0.3 is 9.16 Å². The maximum atomic E-state index is 11.1. The first-order valence-electron chi connectivity index (χ1n) is 7.12. The average Bonchev–Trinajstić information content (AvgIpc) is 2.39. The van der Waals surface area contributed by atoms with Crippen LogP contribution in [0.2, 0.25) is 18.1 Å². The Hall–Kier alpha value is -1.55. The van der Waals surface area contributed by atoms with Gasteiger partial charge in [0.15, 0.2) is 5.75 Å². The van der Waals surface area contributed by atoms with E-state index >= 15 is 0 Å². The molecule has 0 aromatic heterocycles. The van der Waals surface area contributed by atoms with Gasteiger partial charge in [-0.25, -0.2) is 0 Å². The predicted molar refractivity (Wildman–Crippen MR) is 90.1 cm³/mol. The van der Waals surface area contributed by atoms with E-state index < -0.39 is 8.32 Å². The van der Waals surface area contributed by atoms with Crippen LogP contribution in [0, 0.1) is 0 Å². The minimum Gasteiger partial charge on any atom is -0.541 e. The molecule has 1 aromatic rings. The Morgan fingerprint density at radius 3 is 2.33 bits per heavy atom. The maximum absolute atomic E-state index is 11.1. The number of carbonyl (C=O) groups is 1. The number of benzene rings is 1. The summed E-state index contributed by atoms with van der Waals surface area (Å²) < 4.78 is 11.9. The van der Waals surface area contributed by atoms with Crippen molar-refractivity contribution < 1.29 is 14.0 Å². The van der Waals surface area contributed by atoms with Crippen LogP contribution in [-0.2, 0) is 6.42 Å². The predicted octanol–water partition coefficient (Wildman–Crippen LogP) is 4.62. The summed E-state index contributed by atoms with van der Waals surface area (Å²) in [6, 6.07) is 3.57. The number of hydrogen-bond donors (Lipinski definition) is 0. The van der Waals surface area contributed by atoms with Gasteiger partial charge in [-0.2, -0.15) is 0 Å². The van der Waals surface area contributed by atoms with Crippen molar-refractivity contribution in [3.8, 4) is 11.5 Å². The maximum Gasteiger partial charge on any atom is 0.250 e. The van der Waals surface area contributed by atoms with Gasteiger partial charge in [-0.15, -0.1) is 6.58 Å². The molecule has 3 nitrogen and oxygen atoms in total. The van der Waals surface area contributed by atoms with Crippen LogP contribution in [0.3, 0.4) is 0 Å². The van der Waals surface area contributed by atoms with Crippen LogP contribution >= 0.6 is 0 Å². The first-order valence-corrected chi connectivity index (χ1v) is 10.0. The second-order valence-corrected chi connectivity index (χ2v) is 11.4. The number of hydrogen-bond acceptors (Lipinski definition) is 3. The highest BCUT2D eigenvalue weighted by Crippen LogP contribution is 2.42. The minimum atomic E-state index is -1.98. The summed E-state index contributed by atoms with van der Waals surface area (Å²) in [7, 11) is -0.387. The molecule has 0 spiro atoms. The quantitative estimate of drug-likeness (QED) is 0.437. The lowest BCUT2D eigenvalue weighted by Gasteiger charge is -2.37. The zero-order valence-corrected chi connectivity index (χ0v) is 14.9. The van der Waals surface area contributed by atoms with Crippen molar-refractivity contribution in [1.82, 2.24) is 0 Å². The fraction of sp³-hybridized carbons (Fsp3) is 0.471. The van der Waals surface area contributed by atoms with E-state index in [4.69, 9.17) is 9.16 Å². The van der Waals surface area contributed by atoms with Crippen molar-refractivity contribution in [1.29, 1.82) is 0 Å². The van der Waals surface area contributed by atoms with Crippen molar-refractivity contribution in [2.75, 3.05) is 7.11 Å². The van der Waals surface area contributed by atoms with Gasteiger partial charge in [-0.05, 0) is 36.7 Å². The van der Waals surface area contributed by atoms with E-state index in [0.717, 1.165) is 17.6 Å². The Bertz CT molecular complexity index is 528. The van der Waals surface area contributed by atoms with Gasteiger partial charge in [0.05, 0.1) is 7.11 Å². The van der Waals surface area contributed by atoms with Crippen LogP contribution in [-0.4, -0.2) is 21.7 Å². The number of aldehydes is 1. The normalized spacial score (nSPS) is 11.9. The molecule has 0 radical (unpaired) electrons. The van der Waals surface area contributed by atoms with Gasteiger partial charge in [0, 0.05) is 11.1 Å². The zero-order valence-electron chi connectivity index (χ0n) is 13.9. The van der Waals surface area contributed by atoms with E-state index in [0.29, 0.717) is 17.7 Å². The Balaban J connectivity index is 3.38. The summed E-state index contributed by atoms with van der Waals surface area (Å²) in [4.78, 5) is 11.1. The molecule has 0 aliphatic heterocycles. The molecule has 0 bridgehead atoms. The summed E-state index contributed by atoms with van der Waals surface area (Å²) in [6.07, 6.45) is 3.27. The highest BCUT2D eigenvalue weighted by atomic mass is 28.4. The fourth-order valence-electron chi connectivity index (χ4n) is 1.73. The van der Waals surface area contributed by atoms with E-state index in [-0.39, 0.29) is 5.04 Å². The Morgan fingerprint density at radius 1 is 1.29 bits per heavy atom. The molecule has 0 amide bonds. The molecular weight excluding hydrogens is 280 g/mol. The van der Waals surface area contributed by atoms with Crippen LogP contribution in [0.5, 0.6) is 11.5 Å². The van der Waals surface area contributed by atoms with Crippen molar-refractivity contribution in [2.24, 2.45) is 0 Å². The first kappa shape index (κ1) is 17.5. The molecule has 1 rings (SSSR count). The van der Waals surface area contributed by atoms with E-state index in [1.807, 2.05) is 12.1 Å². The third-order valence-corrected chi connectivity index (χ3v) is 8.36. The number of carbonyl (C=O) groups excluding carboxylic acids is 1. The molecule has 0 atom stereocenters. The topological polar surface area (TPSA) is 35.5 Å². The summed E-state index contributed by atoms with van der Waals surface area (Å²) in [5.74, 6) is 1.36. The lowest BCUT2D eigenvalue weighted by atomic mass is 10.1. The first-order chi connectivity index (χ1) is 9.66. The molecule has 1 aromatic carbocycles. The number of allylic oxidation sites excluding steroid dienone is 1. The third-order valence-electron chi connectivity index (χ3n) is 4.04. The Kier molecular flexibility index (Phi) is 5.40. The molecule has 21 heavy (non-hydrogen) atoms. The second-order valence-electron chi connectivity index (χ2n) is 6.68. The summed E-state index contributed by atoms with van der Waals surface area (Å²) in [6.45, 7) is 14.7. The van der Waals surface area contributed by atoms with Crippen LogP contribution < -0.4 is 9.16 Å². The molecule has 0 aliphatic rings. The molecule has 0 aliphatic carbocycles. The van der Waals surface area contributed by atoms with Gasteiger partial charge >= 0.3 is 0 Å².